The summed E-state index contributed by atoms with van der Waals surface area (Å²) in [6, 6.07) is 45.1. The lowest BCUT2D eigenvalue weighted by molar-refractivity contribution is 0.332. The van der Waals surface area contributed by atoms with Crippen LogP contribution in [0.2, 0.25) is 0 Å². The van der Waals surface area contributed by atoms with E-state index in [9.17, 15) is 0 Å². The Kier molecular flexibility index (Phi) is 7.23. The van der Waals surface area contributed by atoms with Crippen LogP contribution in [0, 0.1) is 0 Å². The Morgan fingerprint density at radius 3 is 1.98 bits per heavy atom. The van der Waals surface area contributed by atoms with Gasteiger partial charge < -0.3 is 13.8 Å². The molecule has 1 aliphatic carbocycles. The second-order valence-electron chi connectivity index (χ2n) is 22.4. The monoisotopic (exact) mass is 836 g/mol. The van der Waals surface area contributed by atoms with Gasteiger partial charge in [0.15, 0.2) is 0 Å². The predicted molar refractivity (Wildman–Crippen MR) is 273 cm³/mol. The summed E-state index contributed by atoms with van der Waals surface area (Å²) in [7, 11) is 0. The van der Waals surface area contributed by atoms with Crippen LogP contribution >= 0.6 is 11.3 Å². The molecule has 0 unspecified atom stereocenters. The average Bonchev–Trinajstić information content (AvgIpc) is 3.90. The fraction of sp³-hybridized carbons (Fsp3) is 0.276. The van der Waals surface area contributed by atoms with E-state index in [1.807, 2.05) is 11.3 Å². The molecule has 0 radical (unpaired) electrons. The third-order valence-electron chi connectivity index (χ3n) is 15.5. The van der Waals surface area contributed by atoms with E-state index >= 15 is 0 Å². The summed E-state index contributed by atoms with van der Waals surface area (Å²) < 4.78 is 11.9. The van der Waals surface area contributed by atoms with Gasteiger partial charge in [-0.25, -0.2) is 0 Å². The van der Waals surface area contributed by atoms with Gasteiger partial charge in [-0.2, -0.15) is 0 Å². The molecule has 0 saturated heterocycles. The van der Waals surface area contributed by atoms with Crippen LogP contribution in [0.5, 0.6) is 0 Å². The molecule has 0 atom stereocenters. The first-order valence-corrected chi connectivity index (χ1v) is 23.8. The zero-order valence-corrected chi connectivity index (χ0v) is 39.0. The number of furan rings is 1. The topological polar surface area (TPSA) is 21.3 Å². The van der Waals surface area contributed by atoms with Crippen LogP contribution in [-0.4, -0.2) is 11.4 Å². The van der Waals surface area contributed by atoms with Crippen molar-refractivity contribution in [1.82, 2.24) is 4.57 Å². The predicted octanol–water partition coefficient (Wildman–Crippen LogP) is 15.2. The van der Waals surface area contributed by atoms with Crippen molar-refractivity contribution in [1.29, 1.82) is 0 Å². The van der Waals surface area contributed by atoms with Gasteiger partial charge in [-0.1, -0.05) is 124 Å². The van der Waals surface area contributed by atoms with Gasteiger partial charge in [-0.15, -0.1) is 11.3 Å². The number of rotatable bonds is 1. The highest BCUT2D eigenvalue weighted by Crippen LogP contribution is 2.52. The van der Waals surface area contributed by atoms with E-state index in [-0.39, 0.29) is 28.5 Å². The second-order valence-corrected chi connectivity index (χ2v) is 23.5. The highest BCUT2D eigenvalue weighted by molar-refractivity contribution is 7.25. The number of anilines is 2. The molecule has 13 rings (SSSR count). The Balaban J connectivity index is 1.17. The van der Waals surface area contributed by atoms with E-state index < -0.39 is 0 Å². The van der Waals surface area contributed by atoms with Crippen molar-refractivity contribution >= 4 is 104 Å². The summed E-state index contributed by atoms with van der Waals surface area (Å²) in [6.45, 7) is 23.7. The van der Waals surface area contributed by atoms with Crippen LogP contribution in [0.25, 0.3) is 80.7 Å². The number of thiophene rings is 1. The number of para-hydroxylation sites is 1. The first kappa shape index (κ1) is 37.8. The summed E-state index contributed by atoms with van der Waals surface area (Å²) in [5, 5.41) is 7.57. The van der Waals surface area contributed by atoms with Gasteiger partial charge in [0.25, 0.3) is 0 Å². The third kappa shape index (κ3) is 5.09. The van der Waals surface area contributed by atoms with Crippen LogP contribution in [0.1, 0.15) is 104 Å². The molecule has 2 aliphatic heterocycles. The summed E-state index contributed by atoms with van der Waals surface area (Å²) in [5.74, 6) is 0. The van der Waals surface area contributed by atoms with E-state index in [4.69, 9.17) is 4.42 Å². The SMILES string of the molecule is CC(C)(C)c1ccc(N2B3c4cc(C(C)(C)C)ccc4-n4c5cc6c(cc5c5ccc(c3c54)-c3cc4c(cc32)sc2cc3c(cc24)C(C)(C)CCC3(C)C)oc2ccccc26)cc1. The van der Waals surface area contributed by atoms with Gasteiger partial charge in [-0.3, -0.25) is 0 Å². The molecule has 63 heavy (non-hydrogen) atoms. The normalized spacial score (nSPS) is 16.5. The maximum Gasteiger partial charge on any atom is 0.333 e. The largest absolute Gasteiger partial charge is 0.456 e. The standard InChI is InChI=1S/C58H53BN2OS/c1-55(2,3)32-15-18-34(19-16-32)61-48-31-52-41(42-27-43-44(30-51(42)63-52)58(9,10)24-23-57(43,7)8)26-38(48)36-20-21-37-39-29-50-40(35-13-11-12-14-49(35)62-50)28-47(39)60-46-22-17-33(56(4,5)6)25-45(46)59(61)53(36)54(37)60/h11-22,25-31H,23-24H2,1-10H3. The van der Waals surface area contributed by atoms with Crippen LogP contribution in [-0.2, 0) is 21.7 Å². The lowest BCUT2D eigenvalue weighted by Crippen LogP contribution is -2.60. The Bertz CT molecular complexity index is 3650. The molecular weight excluding hydrogens is 784 g/mol. The number of fused-ring (bicyclic) bond motifs is 15. The Morgan fingerprint density at radius 1 is 0.556 bits per heavy atom. The van der Waals surface area contributed by atoms with Gasteiger partial charge in [0.1, 0.15) is 11.2 Å². The van der Waals surface area contributed by atoms with Crippen molar-refractivity contribution in [2.75, 3.05) is 4.81 Å². The number of benzene rings is 7. The summed E-state index contributed by atoms with van der Waals surface area (Å²) in [6.07, 6.45) is 2.42. The fourth-order valence-corrected chi connectivity index (χ4v) is 13.0. The molecule has 0 spiro atoms. The smallest absolute Gasteiger partial charge is 0.333 e. The molecule has 3 nitrogen and oxygen atoms in total. The van der Waals surface area contributed by atoms with E-state index in [1.165, 1.54) is 116 Å². The highest BCUT2D eigenvalue weighted by atomic mass is 32.1. The molecule has 0 fully saturated rings. The van der Waals surface area contributed by atoms with Crippen molar-refractivity contribution in [2.45, 2.75) is 104 Å². The molecule has 10 aromatic rings. The first-order valence-electron chi connectivity index (χ1n) is 23.0. The van der Waals surface area contributed by atoms with Crippen LogP contribution in [0.4, 0.5) is 11.4 Å². The Hall–Kier alpha value is -5.78. The van der Waals surface area contributed by atoms with E-state index in [0.717, 1.165) is 21.9 Å². The molecule has 0 bridgehead atoms. The second kappa shape index (κ2) is 12.1. The van der Waals surface area contributed by atoms with Gasteiger partial charge >= 0.3 is 6.85 Å². The van der Waals surface area contributed by atoms with Gasteiger partial charge in [0, 0.05) is 64.3 Å². The summed E-state index contributed by atoms with van der Waals surface area (Å²) >= 11 is 1.97. The Morgan fingerprint density at radius 2 is 1.24 bits per heavy atom. The maximum atomic E-state index is 6.56. The number of hydrogen-bond acceptors (Lipinski definition) is 3. The lowest BCUT2D eigenvalue weighted by Gasteiger charge is -2.42. The van der Waals surface area contributed by atoms with Crippen LogP contribution in [0.15, 0.2) is 120 Å². The molecular formula is C58H53BN2OS. The zero-order chi connectivity index (χ0) is 43.3. The molecule has 0 N–H and O–H groups in total. The van der Waals surface area contributed by atoms with Crippen molar-refractivity contribution in [2.24, 2.45) is 0 Å². The number of nitrogens with zero attached hydrogens (tertiary/aromatic N) is 2. The number of aromatic nitrogens is 1. The summed E-state index contributed by atoms with van der Waals surface area (Å²) in [5.41, 5.74) is 19.6. The van der Waals surface area contributed by atoms with Gasteiger partial charge in [-0.05, 0) is 134 Å². The molecule has 0 saturated carbocycles. The molecule has 3 aromatic heterocycles. The average molecular weight is 837 g/mol. The Labute approximate surface area is 374 Å². The van der Waals surface area contributed by atoms with E-state index in [0.29, 0.717) is 0 Å². The molecule has 3 aliphatic rings. The van der Waals surface area contributed by atoms with Gasteiger partial charge in [0.2, 0.25) is 0 Å². The first-order chi connectivity index (χ1) is 30.0. The number of hydrogen-bond donors (Lipinski definition) is 0. The molecule has 5 heterocycles. The van der Waals surface area contributed by atoms with Crippen molar-refractivity contribution in [3.63, 3.8) is 0 Å². The van der Waals surface area contributed by atoms with Crippen LogP contribution < -0.4 is 15.7 Å². The minimum Gasteiger partial charge on any atom is -0.456 e. The highest BCUT2D eigenvalue weighted by Gasteiger charge is 2.45. The van der Waals surface area contributed by atoms with Crippen molar-refractivity contribution in [3.05, 3.63) is 138 Å². The lowest BCUT2D eigenvalue weighted by atomic mass is 9.43. The maximum absolute atomic E-state index is 6.56. The van der Waals surface area contributed by atoms with E-state index in [1.54, 1.807) is 0 Å². The van der Waals surface area contributed by atoms with Gasteiger partial charge in [0.05, 0.1) is 11.0 Å². The summed E-state index contributed by atoms with van der Waals surface area (Å²) in [4.78, 5) is 2.70. The quantitative estimate of drug-likeness (QED) is 0.154. The molecule has 5 heteroatoms. The minimum atomic E-state index is -0.0460. The zero-order valence-electron chi connectivity index (χ0n) is 38.2. The minimum absolute atomic E-state index is 0.0257. The fourth-order valence-electron chi connectivity index (χ4n) is 11.8. The molecule has 7 aromatic carbocycles. The van der Waals surface area contributed by atoms with Crippen LogP contribution in [0.3, 0.4) is 0 Å². The van der Waals surface area contributed by atoms with Crippen molar-refractivity contribution in [3.8, 4) is 16.8 Å². The molecule has 310 valence electrons. The third-order valence-corrected chi connectivity index (χ3v) is 16.7. The van der Waals surface area contributed by atoms with E-state index in [2.05, 4.69) is 194 Å². The molecule has 0 amide bonds. The van der Waals surface area contributed by atoms with Crippen molar-refractivity contribution < 1.29 is 4.42 Å².